The Morgan fingerprint density at radius 1 is 1.39 bits per heavy atom. The molecular formula is C13H17N5. The SMILES string of the molecule is CCC1(n2nnnc2-c2cccc(N)c2)CCC1. The van der Waals surface area contributed by atoms with Crippen molar-refractivity contribution in [2.45, 2.75) is 38.1 Å². The molecule has 1 saturated carbocycles. The first-order chi connectivity index (χ1) is 8.75. The van der Waals surface area contributed by atoms with Crippen molar-refractivity contribution in [3.05, 3.63) is 24.3 Å². The highest BCUT2D eigenvalue weighted by atomic mass is 15.6. The van der Waals surface area contributed by atoms with E-state index in [9.17, 15) is 0 Å². The van der Waals surface area contributed by atoms with Crippen LogP contribution in [0, 0.1) is 0 Å². The van der Waals surface area contributed by atoms with E-state index in [2.05, 4.69) is 22.4 Å². The number of tetrazole rings is 1. The molecule has 2 aromatic rings. The van der Waals surface area contributed by atoms with Crippen LogP contribution in [0.3, 0.4) is 0 Å². The van der Waals surface area contributed by atoms with Crippen LogP contribution in [0.15, 0.2) is 24.3 Å². The van der Waals surface area contributed by atoms with Gasteiger partial charge in [0.15, 0.2) is 5.82 Å². The second-order valence-corrected chi connectivity index (χ2v) is 4.97. The van der Waals surface area contributed by atoms with Crippen molar-refractivity contribution in [3.8, 4) is 11.4 Å². The van der Waals surface area contributed by atoms with E-state index >= 15 is 0 Å². The molecule has 94 valence electrons. The minimum Gasteiger partial charge on any atom is -0.399 e. The summed E-state index contributed by atoms with van der Waals surface area (Å²) in [5.41, 5.74) is 7.66. The maximum atomic E-state index is 5.82. The Morgan fingerprint density at radius 2 is 2.22 bits per heavy atom. The van der Waals surface area contributed by atoms with Crippen molar-refractivity contribution in [3.63, 3.8) is 0 Å². The van der Waals surface area contributed by atoms with Crippen LogP contribution in [-0.4, -0.2) is 20.2 Å². The number of nitrogens with zero attached hydrogens (tertiary/aromatic N) is 4. The molecule has 1 fully saturated rings. The fraction of sp³-hybridized carbons (Fsp3) is 0.462. The van der Waals surface area contributed by atoms with Crippen molar-refractivity contribution in [1.29, 1.82) is 0 Å². The molecule has 0 atom stereocenters. The summed E-state index contributed by atoms with van der Waals surface area (Å²) in [5, 5.41) is 12.2. The summed E-state index contributed by atoms with van der Waals surface area (Å²) < 4.78 is 1.99. The number of hydrogen-bond acceptors (Lipinski definition) is 4. The van der Waals surface area contributed by atoms with Gasteiger partial charge in [-0.15, -0.1) is 5.10 Å². The summed E-state index contributed by atoms with van der Waals surface area (Å²) in [5.74, 6) is 0.823. The second-order valence-electron chi connectivity index (χ2n) is 4.97. The van der Waals surface area contributed by atoms with Crippen LogP contribution in [0.1, 0.15) is 32.6 Å². The van der Waals surface area contributed by atoms with Gasteiger partial charge in [-0.05, 0) is 48.2 Å². The lowest BCUT2D eigenvalue weighted by atomic mass is 9.75. The first-order valence-corrected chi connectivity index (χ1v) is 6.40. The van der Waals surface area contributed by atoms with Gasteiger partial charge in [0.25, 0.3) is 0 Å². The average Bonchev–Trinajstić information content (AvgIpc) is 2.78. The molecule has 1 aliphatic rings. The van der Waals surface area contributed by atoms with Gasteiger partial charge in [0.1, 0.15) is 0 Å². The molecule has 0 bridgehead atoms. The highest BCUT2D eigenvalue weighted by molar-refractivity contribution is 5.60. The smallest absolute Gasteiger partial charge is 0.182 e. The van der Waals surface area contributed by atoms with E-state index in [4.69, 9.17) is 5.73 Å². The van der Waals surface area contributed by atoms with Crippen LogP contribution in [0.2, 0.25) is 0 Å². The Morgan fingerprint density at radius 3 is 2.83 bits per heavy atom. The van der Waals surface area contributed by atoms with Crippen LogP contribution < -0.4 is 5.73 Å². The topological polar surface area (TPSA) is 69.6 Å². The van der Waals surface area contributed by atoms with Crippen molar-refractivity contribution < 1.29 is 0 Å². The van der Waals surface area contributed by atoms with Gasteiger partial charge >= 0.3 is 0 Å². The zero-order chi connectivity index (χ0) is 12.6. The summed E-state index contributed by atoms with van der Waals surface area (Å²) in [6.07, 6.45) is 4.63. The molecule has 2 N–H and O–H groups in total. The van der Waals surface area contributed by atoms with Gasteiger partial charge in [-0.2, -0.15) is 0 Å². The molecule has 0 aliphatic heterocycles. The predicted octanol–water partition coefficient (Wildman–Crippen LogP) is 2.21. The largest absolute Gasteiger partial charge is 0.399 e. The number of nitrogen functional groups attached to an aromatic ring is 1. The molecule has 3 rings (SSSR count). The molecule has 0 spiro atoms. The number of nitrogens with two attached hydrogens (primary N) is 1. The molecule has 0 radical (unpaired) electrons. The number of benzene rings is 1. The van der Waals surface area contributed by atoms with Gasteiger partial charge < -0.3 is 5.73 Å². The highest BCUT2D eigenvalue weighted by Gasteiger charge is 2.40. The molecule has 0 amide bonds. The Labute approximate surface area is 106 Å². The quantitative estimate of drug-likeness (QED) is 0.839. The highest BCUT2D eigenvalue weighted by Crippen LogP contribution is 2.43. The third-order valence-corrected chi connectivity index (χ3v) is 4.01. The average molecular weight is 243 g/mol. The van der Waals surface area contributed by atoms with E-state index < -0.39 is 0 Å². The zero-order valence-electron chi connectivity index (χ0n) is 10.5. The normalized spacial score (nSPS) is 17.4. The Bertz CT molecular complexity index is 551. The van der Waals surface area contributed by atoms with E-state index in [1.165, 1.54) is 6.42 Å². The van der Waals surface area contributed by atoms with Gasteiger partial charge in [0.2, 0.25) is 0 Å². The Kier molecular flexibility index (Phi) is 2.54. The third kappa shape index (κ3) is 1.58. The van der Waals surface area contributed by atoms with Crippen molar-refractivity contribution >= 4 is 5.69 Å². The fourth-order valence-electron chi connectivity index (χ4n) is 2.66. The van der Waals surface area contributed by atoms with Crippen molar-refractivity contribution in [2.24, 2.45) is 0 Å². The Hall–Kier alpha value is -1.91. The monoisotopic (exact) mass is 243 g/mol. The molecule has 1 heterocycles. The van der Waals surface area contributed by atoms with Gasteiger partial charge in [0, 0.05) is 11.3 Å². The number of anilines is 1. The van der Waals surface area contributed by atoms with Crippen LogP contribution in [0.4, 0.5) is 5.69 Å². The maximum Gasteiger partial charge on any atom is 0.182 e. The number of aromatic nitrogens is 4. The number of rotatable bonds is 3. The first-order valence-electron chi connectivity index (χ1n) is 6.40. The fourth-order valence-corrected chi connectivity index (χ4v) is 2.66. The summed E-state index contributed by atoms with van der Waals surface area (Å²) in [7, 11) is 0. The lowest BCUT2D eigenvalue weighted by Crippen LogP contribution is -2.41. The van der Waals surface area contributed by atoms with Gasteiger partial charge in [-0.25, -0.2) is 4.68 Å². The van der Waals surface area contributed by atoms with Crippen molar-refractivity contribution in [2.75, 3.05) is 5.73 Å². The molecular weight excluding hydrogens is 226 g/mol. The van der Waals surface area contributed by atoms with Crippen LogP contribution in [0.5, 0.6) is 0 Å². The molecule has 0 unspecified atom stereocenters. The Balaban J connectivity index is 2.07. The second kappa shape index (κ2) is 4.08. The van der Waals surface area contributed by atoms with Gasteiger partial charge in [-0.3, -0.25) is 0 Å². The molecule has 0 saturated heterocycles. The predicted molar refractivity (Wildman–Crippen MR) is 69.8 cm³/mol. The van der Waals surface area contributed by atoms with E-state index in [1.807, 2.05) is 28.9 Å². The minimum absolute atomic E-state index is 0.115. The third-order valence-electron chi connectivity index (χ3n) is 4.01. The zero-order valence-corrected chi connectivity index (χ0v) is 10.5. The molecule has 5 heteroatoms. The first kappa shape index (κ1) is 11.2. The van der Waals surface area contributed by atoms with E-state index in [0.29, 0.717) is 0 Å². The maximum absolute atomic E-state index is 5.82. The molecule has 1 aliphatic carbocycles. The van der Waals surface area contributed by atoms with Crippen LogP contribution >= 0.6 is 0 Å². The summed E-state index contributed by atoms with van der Waals surface area (Å²) in [4.78, 5) is 0. The molecule has 18 heavy (non-hydrogen) atoms. The standard InChI is InChI=1S/C13H17N5/c1-2-13(7-4-8-13)18-12(15-16-17-18)10-5-3-6-11(14)9-10/h3,5-6,9H,2,4,7-8,14H2,1H3. The van der Waals surface area contributed by atoms with E-state index in [0.717, 1.165) is 36.3 Å². The lowest BCUT2D eigenvalue weighted by Gasteiger charge is -2.41. The summed E-state index contributed by atoms with van der Waals surface area (Å²) in [6.45, 7) is 2.20. The summed E-state index contributed by atoms with van der Waals surface area (Å²) >= 11 is 0. The molecule has 5 nitrogen and oxygen atoms in total. The summed E-state index contributed by atoms with van der Waals surface area (Å²) in [6, 6.07) is 7.73. The van der Waals surface area contributed by atoms with Crippen LogP contribution in [-0.2, 0) is 5.54 Å². The molecule has 1 aromatic carbocycles. The van der Waals surface area contributed by atoms with Gasteiger partial charge in [-0.1, -0.05) is 19.1 Å². The molecule has 1 aromatic heterocycles. The lowest BCUT2D eigenvalue weighted by molar-refractivity contribution is 0.118. The number of hydrogen-bond donors (Lipinski definition) is 1. The van der Waals surface area contributed by atoms with Gasteiger partial charge in [0.05, 0.1) is 5.54 Å². The van der Waals surface area contributed by atoms with E-state index in [1.54, 1.807) is 0 Å². The van der Waals surface area contributed by atoms with E-state index in [-0.39, 0.29) is 5.54 Å². The van der Waals surface area contributed by atoms with Crippen molar-refractivity contribution in [1.82, 2.24) is 20.2 Å². The minimum atomic E-state index is 0.115. The van der Waals surface area contributed by atoms with Crippen LogP contribution in [0.25, 0.3) is 11.4 Å².